The summed E-state index contributed by atoms with van der Waals surface area (Å²) in [5.41, 5.74) is 5.71. The number of piperidine rings is 1. The molecule has 0 saturated carbocycles. The smallest absolute Gasteiger partial charge is 0.273 e. The van der Waals surface area contributed by atoms with Crippen LogP contribution < -0.4 is 16.4 Å². The number of oxazole rings is 1. The third-order valence-corrected chi connectivity index (χ3v) is 3.79. The zero-order valence-corrected chi connectivity index (χ0v) is 13.6. The van der Waals surface area contributed by atoms with Crippen molar-refractivity contribution < 1.29 is 14.3 Å². The van der Waals surface area contributed by atoms with Crippen LogP contribution in [-0.2, 0) is 0 Å². The van der Waals surface area contributed by atoms with E-state index in [1.807, 2.05) is 0 Å². The van der Waals surface area contributed by atoms with E-state index in [9.17, 15) is 4.79 Å². The molecule has 124 valence electrons. The molecule has 5 N–H and O–H groups in total. The predicted octanol–water partition coefficient (Wildman–Crippen LogP) is 0.706. The Bertz CT molecular complexity index is 523. The van der Waals surface area contributed by atoms with Gasteiger partial charge in [0.05, 0.1) is 6.61 Å². The van der Waals surface area contributed by atoms with Crippen molar-refractivity contribution in [3.8, 4) is 0 Å². The van der Waals surface area contributed by atoms with E-state index in [1.54, 1.807) is 0 Å². The number of nitrogens with one attached hydrogen (secondary N) is 2. The maximum Gasteiger partial charge on any atom is 0.273 e. The zero-order chi connectivity index (χ0) is 16.5. The van der Waals surface area contributed by atoms with Gasteiger partial charge in [0.15, 0.2) is 5.69 Å². The van der Waals surface area contributed by atoms with Gasteiger partial charge in [0.1, 0.15) is 12.3 Å². The molecule has 1 aromatic rings. The van der Waals surface area contributed by atoms with E-state index in [0.29, 0.717) is 0 Å². The molecular formula is C15H26N4O3. The Morgan fingerprint density at radius 2 is 2.09 bits per heavy atom. The van der Waals surface area contributed by atoms with E-state index in [1.165, 1.54) is 6.26 Å². The number of carbonyl (C=O) groups is 1. The van der Waals surface area contributed by atoms with Gasteiger partial charge in [0, 0.05) is 17.1 Å². The number of amides is 1. The number of hydrogen-bond donors (Lipinski definition) is 4. The van der Waals surface area contributed by atoms with Crippen LogP contribution in [0, 0.1) is 0 Å². The highest BCUT2D eigenvalue weighted by atomic mass is 16.3. The highest BCUT2D eigenvalue weighted by molar-refractivity contribution is 5.92. The van der Waals surface area contributed by atoms with Crippen molar-refractivity contribution in [2.75, 3.05) is 6.61 Å². The molecule has 2 heterocycles. The largest absolute Gasteiger partial charge is 0.446 e. The van der Waals surface area contributed by atoms with Crippen LogP contribution in [0.2, 0.25) is 0 Å². The molecule has 22 heavy (non-hydrogen) atoms. The number of aromatic nitrogens is 1. The molecule has 1 unspecified atom stereocenters. The summed E-state index contributed by atoms with van der Waals surface area (Å²) in [4.78, 5) is 16.3. The number of carbonyl (C=O) groups excluding carboxylic acids is 1. The van der Waals surface area contributed by atoms with E-state index < -0.39 is 6.04 Å². The summed E-state index contributed by atoms with van der Waals surface area (Å²) in [5, 5.41) is 15.6. The third kappa shape index (κ3) is 4.06. The monoisotopic (exact) mass is 310 g/mol. The van der Waals surface area contributed by atoms with Gasteiger partial charge >= 0.3 is 0 Å². The second kappa shape index (κ2) is 5.98. The van der Waals surface area contributed by atoms with Gasteiger partial charge in [-0.25, -0.2) is 4.98 Å². The van der Waals surface area contributed by atoms with Crippen LogP contribution >= 0.6 is 0 Å². The lowest BCUT2D eigenvalue weighted by Gasteiger charge is -2.46. The van der Waals surface area contributed by atoms with Gasteiger partial charge in [-0.05, 0) is 40.5 Å². The third-order valence-electron chi connectivity index (χ3n) is 3.79. The molecule has 0 aromatic carbocycles. The number of nitrogens with two attached hydrogens (primary N) is 1. The standard InChI is InChI=1S/C15H26N4O3/c1-14(2)5-9(6-15(3,4)19-14)17-12(21)11-8-22-13(18-11)10(16)7-20/h8-10,19-20H,5-7,16H2,1-4H3,(H,17,21). The van der Waals surface area contributed by atoms with Crippen molar-refractivity contribution in [1.82, 2.24) is 15.6 Å². The van der Waals surface area contributed by atoms with E-state index in [4.69, 9.17) is 15.3 Å². The Hall–Kier alpha value is -1.44. The van der Waals surface area contributed by atoms with Crippen LogP contribution in [-0.4, -0.2) is 39.7 Å². The summed E-state index contributed by atoms with van der Waals surface area (Å²) in [7, 11) is 0. The van der Waals surface area contributed by atoms with Crippen molar-refractivity contribution >= 4 is 5.91 Å². The van der Waals surface area contributed by atoms with Crippen LogP contribution in [0.5, 0.6) is 0 Å². The quantitative estimate of drug-likeness (QED) is 0.651. The molecule has 7 nitrogen and oxygen atoms in total. The molecule has 1 aliphatic heterocycles. The molecule has 1 aliphatic rings. The minimum absolute atomic E-state index is 0.0477. The number of aliphatic hydroxyl groups excluding tert-OH is 1. The predicted molar refractivity (Wildman–Crippen MR) is 82.3 cm³/mol. The second-order valence-electron chi connectivity index (χ2n) is 7.33. The number of nitrogens with zero attached hydrogens (tertiary/aromatic N) is 1. The Labute approximate surface area is 130 Å². The topological polar surface area (TPSA) is 113 Å². The van der Waals surface area contributed by atoms with Crippen molar-refractivity contribution in [1.29, 1.82) is 0 Å². The lowest BCUT2D eigenvalue weighted by Crippen LogP contribution is -2.62. The highest BCUT2D eigenvalue weighted by Crippen LogP contribution is 2.28. The van der Waals surface area contributed by atoms with Crippen molar-refractivity contribution in [2.45, 2.75) is 63.7 Å². The van der Waals surface area contributed by atoms with E-state index in [-0.39, 0.29) is 41.2 Å². The molecule has 0 spiro atoms. The van der Waals surface area contributed by atoms with Crippen molar-refractivity contribution in [3.05, 3.63) is 17.8 Å². The van der Waals surface area contributed by atoms with Gasteiger partial charge in [0.25, 0.3) is 5.91 Å². The van der Waals surface area contributed by atoms with Crippen LogP contribution in [0.3, 0.4) is 0 Å². The first-order valence-corrected chi connectivity index (χ1v) is 7.54. The lowest BCUT2D eigenvalue weighted by molar-refractivity contribution is 0.0868. The molecule has 0 aliphatic carbocycles. The van der Waals surface area contributed by atoms with Gasteiger partial charge in [-0.3, -0.25) is 4.79 Å². The highest BCUT2D eigenvalue weighted by Gasteiger charge is 2.38. The first kappa shape index (κ1) is 16.9. The maximum atomic E-state index is 12.3. The van der Waals surface area contributed by atoms with Crippen molar-refractivity contribution in [2.24, 2.45) is 5.73 Å². The average molecular weight is 310 g/mol. The zero-order valence-electron chi connectivity index (χ0n) is 13.6. The van der Waals surface area contributed by atoms with Gasteiger partial charge < -0.3 is 25.9 Å². The molecule has 2 rings (SSSR count). The molecule has 1 atom stereocenters. The Morgan fingerprint density at radius 1 is 1.50 bits per heavy atom. The van der Waals surface area contributed by atoms with Crippen LogP contribution in [0.25, 0.3) is 0 Å². The van der Waals surface area contributed by atoms with Gasteiger partial charge in [-0.15, -0.1) is 0 Å². The van der Waals surface area contributed by atoms with Gasteiger partial charge in [-0.2, -0.15) is 0 Å². The number of aliphatic hydroxyl groups is 1. The normalized spacial score (nSPS) is 22.3. The Morgan fingerprint density at radius 3 is 2.64 bits per heavy atom. The summed E-state index contributed by atoms with van der Waals surface area (Å²) in [5.74, 6) is -0.114. The van der Waals surface area contributed by atoms with E-state index in [0.717, 1.165) is 12.8 Å². The minimum atomic E-state index is -0.710. The average Bonchev–Trinajstić information content (AvgIpc) is 2.83. The SMILES string of the molecule is CC1(C)CC(NC(=O)c2coc(C(N)CO)n2)CC(C)(C)N1. The maximum absolute atomic E-state index is 12.3. The summed E-state index contributed by atoms with van der Waals surface area (Å²) < 4.78 is 5.14. The van der Waals surface area contributed by atoms with E-state index >= 15 is 0 Å². The first-order valence-electron chi connectivity index (χ1n) is 7.54. The van der Waals surface area contributed by atoms with Crippen LogP contribution in [0.4, 0.5) is 0 Å². The Kier molecular flexibility index (Phi) is 4.60. The second-order valence-corrected chi connectivity index (χ2v) is 7.33. The summed E-state index contributed by atoms with van der Waals surface area (Å²) in [6.45, 7) is 8.23. The molecular weight excluding hydrogens is 284 g/mol. The summed E-state index contributed by atoms with van der Waals surface area (Å²) in [6.07, 6.45) is 2.95. The minimum Gasteiger partial charge on any atom is -0.446 e. The van der Waals surface area contributed by atoms with Crippen LogP contribution in [0.15, 0.2) is 10.7 Å². The van der Waals surface area contributed by atoms with Gasteiger partial charge in [-0.1, -0.05) is 0 Å². The Balaban J connectivity index is 2.04. The van der Waals surface area contributed by atoms with Gasteiger partial charge in [0.2, 0.25) is 5.89 Å². The van der Waals surface area contributed by atoms with Crippen molar-refractivity contribution in [3.63, 3.8) is 0 Å². The molecule has 1 fully saturated rings. The molecule has 0 radical (unpaired) electrons. The number of hydrogen-bond acceptors (Lipinski definition) is 6. The summed E-state index contributed by atoms with van der Waals surface area (Å²) in [6, 6.07) is -0.649. The fourth-order valence-corrected chi connectivity index (χ4v) is 3.32. The molecule has 0 bridgehead atoms. The fourth-order valence-electron chi connectivity index (χ4n) is 3.32. The molecule has 1 saturated heterocycles. The fraction of sp³-hybridized carbons (Fsp3) is 0.733. The molecule has 1 aromatic heterocycles. The number of rotatable bonds is 4. The van der Waals surface area contributed by atoms with Crippen LogP contribution in [0.1, 0.15) is 63.0 Å². The first-order chi connectivity index (χ1) is 10.1. The summed E-state index contributed by atoms with van der Waals surface area (Å²) >= 11 is 0. The molecule has 1 amide bonds. The lowest BCUT2D eigenvalue weighted by atomic mass is 9.79. The molecule has 7 heteroatoms. The van der Waals surface area contributed by atoms with E-state index in [2.05, 4.69) is 43.3 Å².